The maximum absolute atomic E-state index is 12.5. The maximum atomic E-state index is 12.5. The lowest BCUT2D eigenvalue weighted by Crippen LogP contribution is -2.01. The Morgan fingerprint density at radius 1 is 1.17 bits per heavy atom. The first-order chi connectivity index (χ1) is 8.66. The number of halogens is 2. The summed E-state index contributed by atoms with van der Waals surface area (Å²) >= 11 is 4.85. The van der Waals surface area contributed by atoms with Gasteiger partial charge >= 0.3 is 6.55 Å². The summed E-state index contributed by atoms with van der Waals surface area (Å²) in [6.07, 6.45) is 1.23. The zero-order valence-corrected chi connectivity index (χ0v) is 10.2. The normalized spacial score (nSPS) is 10.6. The number of hydrogen-bond donors (Lipinski definition) is 0. The van der Waals surface area contributed by atoms with E-state index < -0.39 is 6.55 Å². The van der Waals surface area contributed by atoms with Gasteiger partial charge in [-0.05, 0) is 11.6 Å². The van der Waals surface area contributed by atoms with Crippen molar-refractivity contribution in [3.05, 3.63) is 58.9 Å². The number of nitrogens with zero attached hydrogens (tertiary/aromatic N) is 1. The van der Waals surface area contributed by atoms with Crippen LogP contribution in [-0.4, -0.2) is 4.57 Å². The lowest BCUT2D eigenvalue weighted by molar-refractivity contribution is 0.0680. The molecule has 0 spiro atoms. The molecule has 2 aromatic rings. The molecule has 2 rings (SSSR count). The molecule has 0 aliphatic heterocycles. The molecule has 1 aromatic heterocycles. The fraction of sp³-hybridized carbons (Fsp3) is 0.154. The summed E-state index contributed by atoms with van der Waals surface area (Å²) in [5.41, 5.74) is 1.01. The fourth-order valence-electron chi connectivity index (χ4n) is 1.46. The van der Waals surface area contributed by atoms with Crippen LogP contribution in [0.2, 0.25) is 0 Å². The first kappa shape index (κ1) is 12.7. The maximum Gasteiger partial charge on any atom is 0.319 e. The topological polar surface area (TPSA) is 14.2 Å². The second-order valence-electron chi connectivity index (χ2n) is 3.66. The molecule has 0 N–H and O–H groups in total. The van der Waals surface area contributed by atoms with Crippen LogP contribution in [0.1, 0.15) is 12.1 Å². The third-order valence-electron chi connectivity index (χ3n) is 2.38. The van der Waals surface area contributed by atoms with Crippen molar-refractivity contribution in [3.63, 3.8) is 0 Å². The minimum Gasteiger partial charge on any atom is -0.489 e. The molecule has 0 amide bonds. The molecular formula is C13H11F2NOS. The number of rotatable bonds is 4. The average molecular weight is 267 g/mol. The summed E-state index contributed by atoms with van der Waals surface area (Å²) in [5, 5.41) is 0. The average Bonchev–Trinajstić information content (AvgIpc) is 2.37. The third-order valence-corrected chi connectivity index (χ3v) is 2.71. The minimum absolute atomic E-state index is 0.0514. The van der Waals surface area contributed by atoms with E-state index in [0.29, 0.717) is 16.9 Å². The lowest BCUT2D eigenvalue weighted by Gasteiger charge is -2.09. The first-order valence-electron chi connectivity index (χ1n) is 5.34. The fourth-order valence-corrected chi connectivity index (χ4v) is 1.72. The van der Waals surface area contributed by atoms with Crippen LogP contribution in [0, 0.1) is 4.64 Å². The molecule has 1 aromatic carbocycles. The number of aromatic nitrogens is 1. The standard InChI is InChI=1S/C13H11F2NOS/c14-13(15)16-7-6-11(8-12(16)18)17-9-10-4-2-1-3-5-10/h1-8,13H,9H2. The van der Waals surface area contributed by atoms with Crippen molar-refractivity contribution < 1.29 is 13.5 Å². The van der Waals surface area contributed by atoms with Gasteiger partial charge in [0.25, 0.3) is 0 Å². The van der Waals surface area contributed by atoms with Crippen LogP contribution in [0.4, 0.5) is 8.78 Å². The predicted octanol–water partition coefficient (Wildman–Crippen LogP) is 4.19. The highest BCUT2D eigenvalue weighted by molar-refractivity contribution is 7.71. The molecule has 0 fully saturated rings. The van der Waals surface area contributed by atoms with Crippen LogP contribution in [0.5, 0.6) is 5.75 Å². The Morgan fingerprint density at radius 2 is 1.89 bits per heavy atom. The number of ether oxygens (including phenoxy) is 1. The van der Waals surface area contributed by atoms with Crippen LogP contribution in [0.15, 0.2) is 48.7 Å². The van der Waals surface area contributed by atoms with Gasteiger partial charge in [-0.15, -0.1) is 0 Å². The molecule has 94 valence electrons. The largest absolute Gasteiger partial charge is 0.489 e. The van der Waals surface area contributed by atoms with E-state index in [-0.39, 0.29) is 4.64 Å². The highest BCUT2D eigenvalue weighted by atomic mass is 32.1. The van der Waals surface area contributed by atoms with E-state index in [9.17, 15) is 8.78 Å². The van der Waals surface area contributed by atoms with E-state index in [0.717, 1.165) is 5.56 Å². The van der Waals surface area contributed by atoms with Crippen LogP contribution < -0.4 is 4.74 Å². The van der Waals surface area contributed by atoms with E-state index >= 15 is 0 Å². The lowest BCUT2D eigenvalue weighted by atomic mass is 10.2. The van der Waals surface area contributed by atoms with Crippen molar-refractivity contribution in [1.29, 1.82) is 0 Å². The molecule has 0 aliphatic carbocycles. The monoisotopic (exact) mass is 267 g/mol. The Hall–Kier alpha value is -1.75. The predicted molar refractivity (Wildman–Crippen MR) is 67.3 cm³/mol. The van der Waals surface area contributed by atoms with Crippen molar-refractivity contribution in [3.8, 4) is 5.75 Å². The van der Waals surface area contributed by atoms with Crippen molar-refractivity contribution >= 4 is 12.2 Å². The van der Waals surface area contributed by atoms with E-state index in [2.05, 4.69) is 0 Å². The SMILES string of the molecule is FC(F)n1ccc(OCc2ccccc2)cc1=S. The number of pyridine rings is 1. The van der Waals surface area contributed by atoms with E-state index in [1.165, 1.54) is 18.3 Å². The van der Waals surface area contributed by atoms with Gasteiger partial charge in [0.1, 0.15) is 17.0 Å². The Labute approximate surface area is 108 Å². The quantitative estimate of drug-likeness (QED) is 0.771. The van der Waals surface area contributed by atoms with Gasteiger partial charge in [0, 0.05) is 12.3 Å². The summed E-state index contributed by atoms with van der Waals surface area (Å²) < 4.78 is 31.2. The van der Waals surface area contributed by atoms with Crippen LogP contribution >= 0.6 is 12.2 Å². The number of alkyl halides is 2. The smallest absolute Gasteiger partial charge is 0.319 e. The second-order valence-corrected chi connectivity index (χ2v) is 4.08. The second kappa shape index (κ2) is 5.73. The molecule has 0 aliphatic rings. The molecule has 1 heterocycles. The number of benzene rings is 1. The van der Waals surface area contributed by atoms with Gasteiger partial charge in [0.05, 0.1) is 0 Å². The van der Waals surface area contributed by atoms with Gasteiger partial charge in [-0.25, -0.2) is 0 Å². The van der Waals surface area contributed by atoms with Gasteiger partial charge < -0.3 is 4.74 Å². The molecule has 0 bridgehead atoms. The molecule has 18 heavy (non-hydrogen) atoms. The van der Waals surface area contributed by atoms with Crippen molar-refractivity contribution in [2.24, 2.45) is 0 Å². The summed E-state index contributed by atoms with van der Waals surface area (Å²) in [4.78, 5) is 0. The van der Waals surface area contributed by atoms with Gasteiger partial charge in [0.15, 0.2) is 0 Å². The van der Waals surface area contributed by atoms with Crippen molar-refractivity contribution in [1.82, 2.24) is 4.57 Å². The first-order valence-corrected chi connectivity index (χ1v) is 5.75. The third kappa shape index (κ3) is 3.13. The highest BCUT2D eigenvalue weighted by Crippen LogP contribution is 2.17. The molecule has 0 saturated carbocycles. The van der Waals surface area contributed by atoms with Gasteiger partial charge in [-0.2, -0.15) is 8.78 Å². The van der Waals surface area contributed by atoms with Gasteiger partial charge in [-0.1, -0.05) is 42.5 Å². The van der Waals surface area contributed by atoms with Crippen LogP contribution in [0.25, 0.3) is 0 Å². The number of hydrogen-bond acceptors (Lipinski definition) is 2. The Kier molecular flexibility index (Phi) is 4.04. The zero-order chi connectivity index (χ0) is 13.0. The van der Waals surface area contributed by atoms with E-state index in [1.807, 2.05) is 30.3 Å². The highest BCUT2D eigenvalue weighted by Gasteiger charge is 2.05. The van der Waals surface area contributed by atoms with Crippen LogP contribution in [-0.2, 0) is 6.61 Å². The van der Waals surface area contributed by atoms with Gasteiger partial charge in [0.2, 0.25) is 0 Å². The summed E-state index contributed by atoms with van der Waals surface area (Å²) in [7, 11) is 0. The minimum atomic E-state index is -2.62. The van der Waals surface area contributed by atoms with E-state index in [4.69, 9.17) is 17.0 Å². The van der Waals surface area contributed by atoms with Crippen LogP contribution in [0.3, 0.4) is 0 Å². The molecule has 0 atom stereocenters. The van der Waals surface area contributed by atoms with Crippen molar-refractivity contribution in [2.75, 3.05) is 0 Å². The Balaban J connectivity index is 2.07. The zero-order valence-electron chi connectivity index (χ0n) is 9.42. The molecule has 0 unspecified atom stereocenters. The van der Waals surface area contributed by atoms with E-state index in [1.54, 1.807) is 0 Å². The molecule has 0 saturated heterocycles. The molecule has 0 radical (unpaired) electrons. The molecule has 5 heteroatoms. The summed E-state index contributed by atoms with van der Waals surface area (Å²) in [6.45, 7) is -2.24. The molecular weight excluding hydrogens is 256 g/mol. The van der Waals surface area contributed by atoms with Gasteiger partial charge in [-0.3, -0.25) is 4.57 Å². The van der Waals surface area contributed by atoms with Crippen molar-refractivity contribution in [2.45, 2.75) is 13.2 Å². The Morgan fingerprint density at radius 3 is 2.50 bits per heavy atom. The summed E-state index contributed by atoms with van der Waals surface area (Å²) in [6, 6.07) is 12.5. The Bertz CT molecular complexity index is 569. The summed E-state index contributed by atoms with van der Waals surface area (Å²) in [5.74, 6) is 0.487. The molecule has 2 nitrogen and oxygen atoms in total.